The molecule has 5 nitrogen and oxygen atoms in total. The Balaban J connectivity index is 2.03. The van der Waals surface area contributed by atoms with Gasteiger partial charge in [0.05, 0.1) is 17.7 Å². The number of benzene rings is 2. The topological polar surface area (TPSA) is 66.8 Å². The maximum Gasteiger partial charge on any atom is 0.295 e. The molecule has 1 heterocycles. The number of carbonyl (C=O) groups is 2. The maximum absolute atomic E-state index is 13.0. The number of aliphatic hydroxyl groups excluding tert-OH is 1. The summed E-state index contributed by atoms with van der Waals surface area (Å²) < 4.78 is 5.62. The lowest BCUT2D eigenvalue weighted by molar-refractivity contribution is -0.140. The highest BCUT2D eigenvalue weighted by atomic mass is 16.5. The van der Waals surface area contributed by atoms with Crippen molar-refractivity contribution in [2.24, 2.45) is 0 Å². The molecule has 1 aliphatic rings. The molecule has 1 N–H and O–H groups in total. The summed E-state index contributed by atoms with van der Waals surface area (Å²) in [6.45, 7) is 11.2. The molecule has 2 aromatic rings. The lowest BCUT2D eigenvalue weighted by Crippen LogP contribution is -2.31. The van der Waals surface area contributed by atoms with Crippen LogP contribution in [-0.4, -0.2) is 41.0 Å². The predicted octanol–water partition coefficient (Wildman–Crippen LogP) is 5.22. The zero-order valence-electron chi connectivity index (χ0n) is 19.6. The number of ether oxygens (including phenoxy) is 1. The summed E-state index contributed by atoms with van der Waals surface area (Å²) in [5.74, 6) is -1.38. The molecule has 5 heteroatoms. The van der Waals surface area contributed by atoms with Crippen LogP contribution < -0.4 is 0 Å². The van der Waals surface area contributed by atoms with Gasteiger partial charge in [-0.1, -0.05) is 75.4 Å². The van der Waals surface area contributed by atoms with E-state index in [4.69, 9.17) is 4.74 Å². The molecule has 0 bridgehead atoms. The number of rotatable bonds is 7. The minimum atomic E-state index is -0.652. The van der Waals surface area contributed by atoms with Crippen LogP contribution in [0.25, 0.3) is 5.76 Å². The van der Waals surface area contributed by atoms with Crippen LogP contribution in [0.4, 0.5) is 0 Å². The van der Waals surface area contributed by atoms with Gasteiger partial charge in [0.15, 0.2) is 0 Å². The molecule has 0 radical (unpaired) electrons. The number of ketones is 1. The number of hydrogen-bond donors (Lipinski definition) is 1. The van der Waals surface area contributed by atoms with Crippen molar-refractivity contribution in [3.63, 3.8) is 0 Å². The average molecular weight is 436 g/mol. The summed E-state index contributed by atoms with van der Waals surface area (Å²) in [7, 11) is 0. The molecule has 1 fully saturated rings. The fourth-order valence-corrected chi connectivity index (χ4v) is 3.93. The van der Waals surface area contributed by atoms with Gasteiger partial charge in [-0.05, 0) is 36.8 Å². The van der Waals surface area contributed by atoms with Crippen molar-refractivity contribution in [3.05, 3.63) is 76.9 Å². The summed E-state index contributed by atoms with van der Waals surface area (Å²) in [5.41, 5.74) is 2.60. The molecular formula is C27H33NO4. The van der Waals surface area contributed by atoms with E-state index in [1.807, 2.05) is 44.2 Å². The fraction of sp³-hybridized carbons (Fsp3) is 0.407. The number of nitrogens with zero attached hydrogens (tertiary/aromatic N) is 1. The van der Waals surface area contributed by atoms with Crippen molar-refractivity contribution in [2.45, 2.75) is 58.6 Å². The van der Waals surface area contributed by atoms with Crippen LogP contribution in [0.1, 0.15) is 63.8 Å². The molecule has 0 spiro atoms. The van der Waals surface area contributed by atoms with Crippen LogP contribution in [0.3, 0.4) is 0 Å². The molecule has 1 atom stereocenters. The monoisotopic (exact) mass is 435 g/mol. The van der Waals surface area contributed by atoms with Crippen molar-refractivity contribution in [2.75, 3.05) is 13.2 Å². The van der Waals surface area contributed by atoms with E-state index in [9.17, 15) is 14.7 Å². The highest BCUT2D eigenvalue weighted by molar-refractivity contribution is 6.46. The smallest absolute Gasteiger partial charge is 0.295 e. The second-order valence-electron chi connectivity index (χ2n) is 9.50. The van der Waals surface area contributed by atoms with Gasteiger partial charge in [-0.3, -0.25) is 9.59 Å². The van der Waals surface area contributed by atoms with Crippen molar-refractivity contribution < 1.29 is 19.4 Å². The second kappa shape index (κ2) is 9.70. The molecule has 32 heavy (non-hydrogen) atoms. The van der Waals surface area contributed by atoms with E-state index in [-0.39, 0.29) is 22.9 Å². The highest BCUT2D eigenvalue weighted by Crippen LogP contribution is 2.40. The van der Waals surface area contributed by atoms with Gasteiger partial charge in [-0.2, -0.15) is 0 Å². The molecule has 3 rings (SSSR count). The first-order chi connectivity index (χ1) is 15.1. The Morgan fingerprint density at radius 3 is 2.22 bits per heavy atom. The van der Waals surface area contributed by atoms with Crippen molar-refractivity contribution in [1.82, 2.24) is 4.90 Å². The third kappa shape index (κ3) is 5.10. The molecule has 0 aromatic heterocycles. The van der Waals surface area contributed by atoms with E-state index < -0.39 is 17.7 Å². The van der Waals surface area contributed by atoms with Gasteiger partial charge < -0.3 is 14.7 Å². The number of amides is 1. The summed E-state index contributed by atoms with van der Waals surface area (Å²) >= 11 is 0. The zero-order chi connectivity index (χ0) is 23.5. The van der Waals surface area contributed by atoms with Gasteiger partial charge in [-0.25, -0.2) is 0 Å². The number of Topliss-reactive ketones (excluding diaryl/α,β-unsaturated/α-hetero) is 1. The summed E-state index contributed by atoms with van der Waals surface area (Å²) in [4.78, 5) is 27.6. The van der Waals surface area contributed by atoms with Crippen LogP contribution in [-0.2, 0) is 19.7 Å². The van der Waals surface area contributed by atoms with Gasteiger partial charge in [0.1, 0.15) is 5.76 Å². The average Bonchev–Trinajstić information content (AvgIpc) is 3.01. The Bertz CT molecular complexity index is 985. The predicted molar refractivity (Wildman–Crippen MR) is 126 cm³/mol. The Morgan fingerprint density at radius 1 is 1.03 bits per heavy atom. The van der Waals surface area contributed by atoms with Gasteiger partial charge in [0.25, 0.3) is 11.7 Å². The summed E-state index contributed by atoms with van der Waals surface area (Å²) in [5, 5.41) is 11.0. The van der Waals surface area contributed by atoms with E-state index in [1.165, 1.54) is 0 Å². The summed E-state index contributed by atoms with van der Waals surface area (Å²) in [6.07, 6.45) is 0.705. The lowest BCUT2D eigenvalue weighted by atomic mass is 9.85. The van der Waals surface area contributed by atoms with Crippen LogP contribution in [0.2, 0.25) is 0 Å². The van der Waals surface area contributed by atoms with Gasteiger partial charge in [-0.15, -0.1) is 0 Å². The van der Waals surface area contributed by atoms with Crippen molar-refractivity contribution in [3.8, 4) is 0 Å². The first-order valence-corrected chi connectivity index (χ1v) is 11.2. The second-order valence-corrected chi connectivity index (χ2v) is 9.50. The largest absolute Gasteiger partial charge is 0.507 e. The van der Waals surface area contributed by atoms with Gasteiger partial charge in [0.2, 0.25) is 0 Å². The Kier molecular flexibility index (Phi) is 7.19. The van der Waals surface area contributed by atoms with E-state index in [2.05, 4.69) is 20.8 Å². The van der Waals surface area contributed by atoms with Crippen LogP contribution in [0.15, 0.2) is 60.2 Å². The number of hydrogen-bond acceptors (Lipinski definition) is 4. The minimum absolute atomic E-state index is 0.0153. The normalized spacial score (nSPS) is 18.6. The molecule has 1 amide bonds. The standard InChI is InChI=1S/C27H33NO4/c1-18(2)32-17-9-16-28-23(19-12-14-21(15-13-19)27(3,4)5)22(25(30)26(28)31)24(29)20-10-7-6-8-11-20/h6-8,10-15,18,23,29H,9,16-17H2,1-5H3/b24-22-. The third-order valence-electron chi connectivity index (χ3n) is 5.67. The Labute approximate surface area is 190 Å². The van der Waals surface area contributed by atoms with Crippen LogP contribution in [0, 0.1) is 0 Å². The van der Waals surface area contributed by atoms with E-state index in [0.29, 0.717) is 25.1 Å². The minimum Gasteiger partial charge on any atom is -0.507 e. The zero-order valence-corrected chi connectivity index (χ0v) is 19.6. The van der Waals surface area contributed by atoms with E-state index in [0.717, 1.165) is 11.1 Å². The number of likely N-dealkylation sites (tertiary alicyclic amines) is 1. The van der Waals surface area contributed by atoms with Crippen molar-refractivity contribution >= 4 is 17.4 Å². The fourth-order valence-electron chi connectivity index (χ4n) is 3.93. The first-order valence-electron chi connectivity index (χ1n) is 11.2. The molecule has 2 aromatic carbocycles. The van der Waals surface area contributed by atoms with Gasteiger partial charge in [0, 0.05) is 18.7 Å². The quantitative estimate of drug-likeness (QED) is 0.280. The molecule has 1 unspecified atom stereocenters. The third-order valence-corrected chi connectivity index (χ3v) is 5.67. The molecule has 1 saturated heterocycles. The van der Waals surface area contributed by atoms with E-state index >= 15 is 0 Å². The van der Waals surface area contributed by atoms with Gasteiger partial charge >= 0.3 is 0 Å². The highest BCUT2D eigenvalue weighted by Gasteiger charge is 2.45. The van der Waals surface area contributed by atoms with Crippen LogP contribution >= 0.6 is 0 Å². The molecule has 0 saturated carbocycles. The van der Waals surface area contributed by atoms with Crippen molar-refractivity contribution in [1.29, 1.82) is 0 Å². The van der Waals surface area contributed by atoms with Crippen LogP contribution in [0.5, 0.6) is 0 Å². The molecule has 0 aliphatic carbocycles. The first kappa shape index (κ1) is 23.7. The molecular weight excluding hydrogens is 402 g/mol. The molecule has 170 valence electrons. The Morgan fingerprint density at radius 2 is 1.66 bits per heavy atom. The SMILES string of the molecule is CC(C)OCCCN1C(=O)C(=O)/C(=C(\O)c2ccccc2)C1c1ccc(C(C)(C)C)cc1. The number of aliphatic hydroxyl groups is 1. The number of carbonyl (C=O) groups excluding carboxylic acids is 2. The van der Waals surface area contributed by atoms with E-state index in [1.54, 1.807) is 29.2 Å². The lowest BCUT2D eigenvalue weighted by Gasteiger charge is -2.26. The maximum atomic E-state index is 13.0. The molecule has 1 aliphatic heterocycles. The Hall–Kier alpha value is -2.92. The summed E-state index contributed by atoms with van der Waals surface area (Å²) in [6, 6.07) is 16.2.